The predicted octanol–water partition coefficient (Wildman–Crippen LogP) is 1.42. The maximum absolute atomic E-state index is 10.9. The fourth-order valence-electron chi connectivity index (χ4n) is 1.89. The molecule has 0 aliphatic rings. The van der Waals surface area contributed by atoms with Gasteiger partial charge in [-0.05, 0) is 23.1 Å². The largest absolute Gasteiger partial charge is 0.478 e. The molecule has 0 atom stereocenters. The number of nitrogens with zero attached hydrogens (tertiary/aromatic N) is 5. The first kappa shape index (κ1) is 12.7. The highest BCUT2D eigenvalue weighted by atomic mass is 16.6. The molecule has 0 radical (unpaired) electrons. The third kappa shape index (κ3) is 2.16. The van der Waals surface area contributed by atoms with Gasteiger partial charge in [-0.15, -0.1) is 4.68 Å². The first-order valence-electron chi connectivity index (χ1n) is 5.75. The third-order valence-electron chi connectivity index (χ3n) is 2.84. The second-order valence-electron chi connectivity index (χ2n) is 4.11. The molecule has 1 N–H and O–H groups in total. The van der Waals surface area contributed by atoms with Gasteiger partial charge in [0.25, 0.3) is 0 Å². The maximum atomic E-state index is 10.9. The summed E-state index contributed by atoms with van der Waals surface area (Å²) in [6, 6.07) is 5.61. The van der Waals surface area contributed by atoms with Crippen LogP contribution < -0.4 is 0 Å². The zero-order valence-corrected chi connectivity index (χ0v) is 10.4. The van der Waals surface area contributed by atoms with Gasteiger partial charge in [0, 0.05) is 5.39 Å². The van der Waals surface area contributed by atoms with Gasteiger partial charge in [-0.1, -0.05) is 0 Å². The number of hydrogen-bond donors (Lipinski definition) is 1. The average molecular weight is 285 g/mol. The standard InChI is InChI=1S/C12H7N5O4/c18-12(19)7-1-2-8-9(5-7)13-6-14-11(8)16-4-3-10(15-16)17(20)21/h1-6H,(H,18,19). The molecule has 9 heteroatoms. The number of nitro groups is 1. The number of carboxylic acids is 1. The maximum Gasteiger partial charge on any atom is 0.390 e. The molecule has 0 aliphatic heterocycles. The van der Waals surface area contributed by atoms with Crippen molar-refractivity contribution in [3.63, 3.8) is 0 Å². The Balaban J connectivity index is 2.18. The minimum Gasteiger partial charge on any atom is -0.478 e. The highest BCUT2D eigenvalue weighted by molar-refractivity contribution is 5.94. The summed E-state index contributed by atoms with van der Waals surface area (Å²) in [7, 11) is 0. The summed E-state index contributed by atoms with van der Waals surface area (Å²) in [5, 5.41) is 24.0. The van der Waals surface area contributed by atoms with Crippen LogP contribution in [0, 0.1) is 10.1 Å². The van der Waals surface area contributed by atoms with Crippen LogP contribution in [-0.4, -0.2) is 35.7 Å². The van der Waals surface area contributed by atoms with Gasteiger partial charge in [0.05, 0.1) is 28.4 Å². The second kappa shape index (κ2) is 4.63. The lowest BCUT2D eigenvalue weighted by Crippen LogP contribution is -2.02. The fraction of sp³-hybridized carbons (Fsp3) is 0. The lowest BCUT2D eigenvalue weighted by molar-refractivity contribution is -0.389. The van der Waals surface area contributed by atoms with Crippen LogP contribution in [0.5, 0.6) is 0 Å². The van der Waals surface area contributed by atoms with Crippen LogP contribution in [0.1, 0.15) is 10.4 Å². The van der Waals surface area contributed by atoms with Crippen LogP contribution >= 0.6 is 0 Å². The molecule has 0 fully saturated rings. The molecule has 0 unspecified atom stereocenters. The van der Waals surface area contributed by atoms with Gasteiger partial charge >= 0.3 is 11.8 Å². The van der Waals surface area contributed by atoms with Crippen molar-refractivity contribution in [2.75, 3.05) is 0 Å². The van der Waals surface area contributed by atoms with Crippen LogP contribution in [0.15, 0.2) is 36.8 Å². The van der Waals surface area contributed by atoms with Gasteiger partial charge in [0.15, 0.2) is 5.82 Å². The summed E-state index contributed by atoms with van der Waals surface area (Å²) in [6.07, 6.45) is 2.65. The molecule has 0 spiro atoms. The minimum atomic E-state index is -1.06. The summed E-state index contributed by atoms with van der Waals surface area (Å²) in [6.45, 7) is 0. The highest BCUT2D eigenvalue weighted by Crippen LogP contribution is 2.20. The number of aromatic carboxylic acids is 1. The molecule has 0 bridgehead atoms. The van der Waals surface area contributed by atoms with E-state index >= 15 is 0 Å². The summed E-state index contributed by atoms with van der Waals surface area (Å²) in [5.74, 6) is -1.03. The van der Waals surface area contributed by atoms with E-state index in [1.165, 1.54) is 35.4 Å². The predicted molar refractivity (Wildman–Crippen MR) is 70.3 cm³/mol. The molecule has 21 heavy (non-hydrogen) atoms. The number of rotatable bonds is 3. The van der Waals surface area contributed by atoms with Gasteiger partial charge < -0.3 is 15.2 Å². The zero-order chi connectivity index (χ0) is 15.0. The number of carboxylic acid groups (broad SMARTS) is 1. The lowest BCUT2D eigenvalue weighted by Gasteiger charge is -2.03. The van der Waals surface area contributed by atoms with Crippen molar-refractivity contribution >= 4 is 22.7 Å². The summed E-state index contributed by atoms with van der Waals surface area (Å²) in [5.41, 5.74) is 0.511. The van der Waals surface area contributed by atoms with E-state index in [9.17, 15) is 14.9 Å². The Hall–Kier alpha value is -3.36. The first-order chi connectivity index (χ1) is 10.1. The van der Waals surface area contributed by atoms with Gasteiger partial charge in [0.2, 0.25) is 0 Å². The Bertz CT molecular complexity index is 873. The molecule has 9 nitrogen and oxygen atoms in total. The van der Waals surface area contributed by atoms with Crippen molar-refractivity contribution < 1.29 is 14.8 Å². The zero-order valence-electron chi connectivity index (χ0n) is 10.4. The molecule has 1 aromatic carbocycles. The fourth-order valence-corrected chi connectivity index (χ4v) is 1.89. The lowest BCUT2D eigenvalue weighted by atomic mass is 10.1. The van der Waals surface area contributed by atoms with Crippen molar-refractivity contribution in [2.24, 2.45) is 0 Å². The van der Waals surface area contributed by atoms with E-state index in [2.05, 4.69) is 15.1 Å². The van der Waals surface area contributed by atoms with E-state index in [1.54, 1.807) is 6.07 Å². The van der Waals surface area contributed by atoms with Crippen LogP contribution in [0.4, 0.5) is 5.82 Å². The number of carbonyl (C=O) groups is 1. The van der Waals surface area contributed by atoms with Gasteiger partial charge in [-0.3, -0.25) is 0 Å². The number of aromatic nitrogens is 4. The second-order valence-corrected chi connectivity index (χ2v) is 4.11. The number of hydrogen-bond acceptors (Lipinski definition) is 6. The normalized spacial score (nSPS) is 10.7. The van der Waals surface area contributed by atoms with E-state index in [0.717, 1.165) is 0 Å². The van der Waals surface area contributed by atoms with E-state index < -0.39 is 10.9 Å². The van der Waals surface area contributed by atoms with Crippen molar-refractivity contribution in [3.05, 3.63) is 52.5 Å². The van der Waals surface area contributed by atoms with Crippen molar-refractivity contribution in [1.82, 2.24) is 19.7 Å². The van der Waals surface area contributed by atoms with E-state index in [0.29, 0.717) is 16.7 Å². The molecule has 0 saturated carbocycles. The van der Waals surface area contributed by atoms with E-state index in [-0.39, 0.29) is 11.4 Å². The first-order valence-corrected chi connectivity index (χ1v) is 5.75. The number of benzene rings is 1. The molecule has 0 aliphatic carbocycles. The SMILES string of the molecule is O=C(O)c1ccc2c(-n3ccc([N+](=O)[O-])n3)ncnc2c1. The van der Waals surface area contributed by atoms with E-state index in [1.807, 2.05) is 0 Å². The Morgan fingerprint density at radius 2 is 2.10 bits per heavy atom. The van der Waals surface area contributed by atoms with Crippen molar-refractivity contribution in [3.8, 4) is 5.82 Å². The smallest absolute Gasteiger partial charge is 0.390 e. The Morgan fingerprint density at radius 1 is 1.29 bits per heavy atom. The van der Waals surface area contributed by atoms with Crippen molar-refractivity contribution in [2.45, 2.75) is 0 Å². The monoisotopic (exact) mass is 285 g/mol. The Kier molecular flexibility index (Phi) is 2.79. The quantitative estimate of drug-likeness (QED) is 0.570. The van der Waals surface area contributed by atoms with Crippen LogP contribution in [0.3, 0.4) is 0 Å². The minimum absolute atomic E-state index is 0.0959. The van der Waals surface area contributed by atoms with Gasteiger partial charge in [-0.2, -0.15) is 0 Å². The topological polar surface area (TPSA) is 124 Å². The Morgan fingerprint density at radius 3 is 2.76 bits per heavy atom. The summed E-state index contributed by atoms with van der Waals surface area (Å²) in [4.78, 5) is 29.0. The van der Waals surface area contributed by atoms with Gasteiger partial charge in [-0.25, -0.2) is 14.8 Å². The molecular weight excluding hydrogens is 278 g/mol. The molecule has 2 aromatic heterocycles. The van der Waals surface area contributed by atoms with Crippen LogP contribution in [-0.2, 0) is 0 Å². The van der Waals surface area contributed by atoms with E-state index in [4.69, 9.17) is 5.11 Å². The molecule has 3 rings (SSSR count). The molecule has 0 amide bonds. The average Bonchev–Trinajstić information content (AvgIpc) is 2.95. The van der Waals surface area contributed by atoms with Gasteiger partial charge in [0.1, 0.15) is 6.33 Å². The van der Waals surface area contributed by atoms with Crippen LogP contribution in [0.2, 0.25) is 0 Å². The summed E-state index contributed by atoms with van der Waals surface area (Å²) < 4.78 is 1.25. The van der Waals surface area contributed by atoms with Crippen molar-refractivity contribution in [1.29, 1.82) is 0 Å². The third-order valence-corrected chi connectivity index (χ3v) is 2.84. The summed E-state index contributed by atoms with van der Waals surface area (Å²) >= 11 is 0. The molecule has 3 aromatic rings. The highest BCUT2D eigenvalue weighted by Gasteiger charge is 2.16. The molecule has 104 valence electrons. The number of fused-ring (bicyclic) bond motifs is 1. The molecule has 2 heterocycles. The van der Waals surface area contributed by atoms with Crippen LogP contribution in [0.25, 0.3) is 16.7 Å². The molecular formula is C12H7N5O4. The Labute approximate surface area is 116 Å². The molecule has 0 saturated heterocycles.